The highest BCUT2D eigenvalue weighted by Crippen LogP contribution is 2.38. The van der Waals surface area contributed by atoms with Gasteiger partial charge in [-0.3, -0.25) is 0 Å². The third kappa shape index (κ3) is 5.10. The van der Waals surface area contributed by atoms with E-state index in [2.05, 4.69) is 20.3 Å². The third-order valence-electron chi connectivity index (χ3n) is 6.42. The average Bonchev–Trinajstić information content (AvgIpc) is 2.83. The quantitative estimate of drug-likeness (QED) is 0.476. The van der Waals surface area contributed by atoms with Gasteiger partial charge in [-0.15, -0.1) is 0 Å². The van der Waals surface area contributed by atoms with E-state index in [1.54, 1.807) is 19.9 Å². The van der Waals surface area contributed by atoms with Gasteiger partial charge < -0.3 is 15.2 Å². The molecule has 4 rings (SSSR count). The lowest BCUT2D eigenvalue weighted by Crippen LogP contribution is -2.23. The summed E-state index contributed by atoms with van der Waals surface area (Å²) in [4.78, 5) is 13.3. The highest BCUT2D eigenvalue weighted by atomic mass is 32.2. The number of aryl methyl sites for hydroxylation is 1. The van der Waals surface area contributed by atoms with E-state index in [1.165, 1.54) is 19.2 Å². The van der Waals surface area contributed by atoms with E-state index in [0.29, 0.717) is 41.4 Å². The summed E-state index contributed by atoms with van der Waals surface area (Å²) in [5, 5.41) is 12.6. The number of fused-ring (bicyclic) bond motifs is 1. The van der Waals surface area contributed by atoms with Crippen LogP contribution in [0.25, 0.3) is 11.0 Å². The molecule has 0 aliphatic carbocycles. The van der Waals surface area contributed by atoms with Crippen molar-refractivity contribution in [3.05, 3.63) is 52.6 Å². The predicted octanol–water partition coefficient (Wildman–Crippen LogP) is 4.03. The first-order chi connectivity index (χ1) is 17.0. The molecule has 1 aliphatic heterocycles. The van der Waals surface area contributed by atoms with Gasteiger partial charge in [0, 0.05) is 11.1 Å². The average molecular weight is 525 g/mol. The number of benzene rings is 1. The molecule has 1 saturated heterocycles. The largest absolute Gasteiger partial charge is 0.481 e. The maximum absolute atomic E-state index is 15.0. The number of nitrogens with zero attached hydrogens (tertiary/aromatic N) is 3. The van der Waals surface area contributed by atoms with Gasteiger partial charge >= 0.3 is 0 Å². The Bertz CT molecular complexity index is 1390. The van der Waals surface area contributed by atoms with Gasteiger partial charge in [0.25, 0.3) is 5.92 Å². The van der Waals surface area contributed by atoms with Crippen LogP contribution in [0.4, 0.5) is 19.0 Å². The van der Waals surface area contributed by atoms with Crippen molar-refractivity contribution < 1.29 is 31.4 Å². The van der Waals surface area contributed by atoms with Crippen LogP contribution in [-0.2, 0) is 15.8 Å². The van der Waals surface area contributed by atoms with Crippen molar-refractivity contribution in [1.29, 1.82) is 0 Å². The number of hydrogen-bond acceptors (Lipinski definition) is 8. The first-order valence-electron chi connectivity index (χ1n) is 11.4. The summed E-state index contributed by atoms with van der Waals surface area (Å²) in [5.41, 5.74) is 0.131. The monoisotopic (exact) mass is 524 g/mol. The van der Waals surface area contributed by atoms with Gasteiger partial charge in [0.05, 0.1) is 35.6 Å². The number of aliphatic hydroxyl groups is 1. The number of sulfone groups is 1. The van der Waals surface area contributed by atoms with Gasteiger partial charge in [-0.2, -0.15) is 13.8 Å². The summed E-state index contributed by atoms with van der Waals surface area (Å²) in [6.07, 6.45) is 0.851. The Hall–Kier alpha value is -2.99. The summed E-state index contributed by atoms with van der Waals surface area (Å²) in [7, 11) is -1.59. The van der Waals surface area contributed by atoms with Crippen LogP contribution in [0.1, 0.15) is 54.2 Å². The second-order valence-corrected chi connectivity index (χ2v) is 11.2. The summed E-state index contributed by atoms with van der Waals surface area (Å²) < 4.78 is 72.4. The van der Waals surface area contributed by atoms with E-state index in [4.69, 9.17) is 9.84 Å². The Labute approximate surface area is 206 Å². The van der Waals surface area contributed by atoms with E-state index in [-0.39, 0.29) is 23.0 Å². The van der Waals surface area contributed by atoms with Gasteiger partial charge in [0.1, 0.15) is 33.9 Å². The molecule has 1 atom stereocenters. The minimum atomic E-state index is -3.72. The standard InChI is InChI=1S/C24H27F3N4O4S/c1-13(16-5-4-6-19(20(16)25)24(26,27)12-32)28-21-18-11-17(15-7-9-36(33,34)10-8-15)23(35-3)31-22(18)30-14(2)29-21/h4-6,11,13,15,32H,7-10,12H2,1-3H3,(H,28,29,30,31)/t13-/m1/s1. The van der Waals surface area contributed by atoms with E-state index < -0.39 is 39.8 Å². The van der Waals surface area contributed by atoms with Crippen LogP contribution in [0.5, 0.6) is 5.88 Å². The molecule has 2 N–H and O–H groups in total. The second-order valence-electron chi connectivity index (χ2n) is 8.94. The minimum Gasteiger partial charge on any atom is -0.481 e. The summed E-state index contributed by atoms with van der Waals surface area (Å²) in [5.74, 6) is -3.75. The number of rotatable bonds is 7. The van der Waals surface area contributed by atoms with E-state index in [9.17, 15) is 17.2 Å². The van der Waals surface area contributed by atoms with Crippen molar-refractivity contribution in [2.24, 2.45) is 0 Å². The molecule has 0 bridgehead atoms. The van der Waals surface area contributed by atoms with E-state index in [0.717, 1.165) is 11.6 Å². The summed E-state index contributed by atoms with van der Waals surface area (Å²) in [6, 6.07) is 4.65. The second kappa shape index (κ2) is 9.81. The lowest BCUT2D eigenvalue weighted by atomic mass is 9.93. The molecule has 12 heteroatoms. The molecule has 1 aliphatic rings. The fraction of sp³-hybridized carbons (Fsp3) is 0.458. The minimum absolute atomic E-state index is 0.0239. The molecular formula is C24H27F3N4O4S. The SMILES string of the molecule is COc1nc2nc(C)nc(N[C@H](C)c3cccc(C(F)(F)CO)c3F)c2cc1C1CCS(=O)(=O)CC1. The highest BCUT2D eigenvalue weighted by molar-refractivity contribution is 7.91. The number of hydrogen-bond donors (Lipinski definition) is 2. The van der Waals surface area contributed by atoms with Crippen molar-refractivity contribution in [2.75, 3.05) is 30.5 Å². The summed E-state index contributed by atoms with van der Waals surface area (Å²) >= 11 is 0. The Balaban J connectivity index is 1.75. The smallest absolute Gasteiger partial charge is 0.298 e. The number of anilines is 1. The Kier molecular flexibility index (Phi) is 7.11. The zero-order chi connectivity index (χ0) is 26.3. The molecule has 3 heterocycles. The predicted molar refractivity (Wildman–Crippen MR) is 129 cm³/mol. The molecular weight excluding hydrogens is 497 g/mol. The number of methoxy groups -OCH3 is 1. The fourth-order valence-electron chi connectivity index (χ4n) is 4.46. The molecule has 36 heavy (non-hydrogen) atoms. The number of alkyl halides is 2. The molecule has 1 aromatic carbocycles. The Morgan fingerprint density at radius 1 is 1.22 bits per heavy atom. The third-order valence-corrected chi connectivity index (χ3v) is 8.14. The van der Waals surface area contributed by atoms with Crippen molar-refractivity contribution in [3.63, 3.8) is 0 Å². The molecule has 0 saturated carbocycles. The number of nitrogens with one attached hydrogen (secondary N) is 1. The van der Waals surface area contributed by atoms with Crippen LogP contribution >= 0.6 is 0 Å². The van der Waals surface area contributed by atoms with Crippen molar-refractivity contribution >= 4 is 26.7 Å². The van der Waals surface area contributed by atoms with Crippen LogP contribution in [0.3, 0.4) is 0 Å². The molecule has 1 fully saturated rings. The zero-order valence-electron chi connectivity index (χ0n) is 20.1. The molecule has 0 radical (unpaired) electrons. The number of ether oxygens (including phenoxy) is 1. The van der Waals surface area contributed by atoms with Gasteiger partial charge in [-0.25, -0.2) is 22.8 Å². The first kappa shape index (κ1) is 26.1. The molecule has 2 aromatic heterocycles. The first-order valence-corrected chi connectivity index (χ1v) is 13.3. The molecule has 0 spiro atoms. The van der Waals surface area contributed by atoms with Crippen molar-refractivity contribution in [2.45, 2.75) is 44.6 Å². The van der Waals surface area contributed by atoms with Crippen LogP contribution in [0.2, 0.25) is 0 Å². The summed E-state index contributed by atoms with van der Waals surface area (Å²) in [6.45, 7) is 1.75. The maximum Gasteiger partial charge on any atom is 0.298 e. The van der Waals surface area contributed by atoms with Gasteiger partial charge in [0.15, 0.2) is 5.65 Å². The number of aliphatic hydroxyl groups excluding tert-OH is 1. The van der Waals surface area contributed by atoms with Crippen LogP contribution in [-0.4, -0.2) is 53.7 Å². The normalized spacial score (nSPS) is 17.2. The zero-order valence-corrected chi connectivity index (χ0v) is 20.9. The molecule has 0 unspecified atom stereocenters. The van der Waals surface area contributed by atoms with Crippen molar-refractivity contribution in [1.82, 2.24) is 15.0 Å². The van der Waals surface area contributed by atoms with Crippen LogP contribution < -0.4 is 10.1 Å². The van der Waals surface area contributed by atoms with Crippen molar-refractivity contribution in [3.8, 4) is 5.88 Å². The number of halogens is 3. The van der Waals surface area contributed by atoms with Gasteiger partial charge in [-0.05, 0) is 44.7 Å². The van der Waals surface area contributed by atoms with Crippen LogP contribution in [0, 0.1) is 12.7 Å². The van der Waals surface area contributed by atoms with E-state index in [1.807, 2.05) is 0 Å². The van der Waals surface area contributed by atoms with Gasteiger partial charge in [0.2, 0.25) is 5.88 Å². The van der Waals surface area contributed by atoms with E-state index >= 15 is 4.39 Å². The fourth-order valence-corrected chi connectivity index (χ4v) is 5.96. The lowest BCUT2D eigenvalue weighted by Gasteiger charge is -2.24. The molecule has 8 nitrogen and oxygen atoms in total. The highest BCUT2D eigenvalue weighted by Gasteiger charge is 2.35. The topological polar surface area (TPSA) is 114 Å². The molecule has 194 valence electrons. The number of aromatic nitrogens is 3. The number of pyridine rings is 1. The molecule has 0 amide bonds. The Morgan fingerprint density at radius 3 is 2.56 bits per heavy atom. The molecule has 3 aromatic rings. The lowest BCUT2D eigenvalue weighted by molar-refractivity contribution is -0.0583. The van der Waals surface area contributed by atoms with Gasteiger partial charge in [-0.1, -0.05) is 12.1 Å². The Morgan fingerprint density at radius 2 is 1.92 bits per heavy atom. The maximum atomic E-state index is 15.0. The van der Waals surface area contributed by atoms with Crippen LogP contribution in [0.15, 0.2) is 24.3 Å².